The topological polar surface area (TPSA) is 115 Å². The molecule has 2 aliphatic rings. The number of allylic oxidation sites excluding steroid dienone is 1. The monoisotopic (exact) mass is 461 g/mol. The molecule has 1 aromatic carbocycles. The van der Waals surface area contributed by atoms with Crippen LogP contribution in [0.3, 0.4) is 0 Å². The number of hydrogen-bond acceptors (Lipinski definition) is 7. The maximum Gasteiger partial charge on any atom is 0.189 e. The fraction of sp³-hybridized carbons (Fsp3) is 0.385. The van der Waals surface area contributed by atoms with Crippen LogP contribution in [-0.2, 0) is 6.54 Å². The summed E-state index contributed by atoms with van der Waals surface area (Å²) >= 11 is 0. The molecule has 178 valence electrons. The van der Waals surface area contributed by atoms with Crippen molar-refractivity contribution >= 4 is 22.8 Å². The van der Waals surface area contributed by atoms with Gasteiger partial charge in [0.15, 0.2) is 5.75 Å². The van der Waals surface area contributed by atoms with Gasteiger partial charge in [0.25, 0.3) is 0 Å². The lowest BCUT2D eigenvalue weighted by Gasteiger charge is -2.56. The van der Waals surface area contributed by atoms with Crippen molar-refractivity contribution in [1.29, 1.82) is 0 Å². The van der Waals surface area contributed by atoms with E-state index in [2.05, 4.69) is 37.1 Å². The SMILES string of the molecule is C=C(/C=C\c1ncc(NCc2ccc(OO)c3[nH]cc(C)c23)nc1C)NC1CC2(CC(O)C2)C1. The number of aliphatic hydroxyl groups excluding tert-OH is 1. The number of nitrogens with zero attached hydrogens (tertiary/aromatic N) is 2. The van der Waals surface area contributed by atoms with Gasteiger partial charge in [0, 0.05) is 29.9 Å². The third kappa shape index (κ3) is 4.26. The van der Waals surface area contributed by atoms with Gasteiger partial charge in [-0.05, 0) is 74.3 Å². The highest BCUT2D eigenvalue weighted by atomic mass is 17.1. The van der Waals surface area contributed by atoms with Crippen LogP contribution in [0.2, 0.25) is 0 Å². The van der Waals surface area contributed by atoms with Gasteiger partial charge in [-0.15, -0.1) is 0 Å². The van der Waals surface area contributed by atoms with Gasteiger partial charge in [-0.25, -0.2) is 10.2 Å². The van der Waals surface area contributed by atoms with E-state index in [4.69, 9.17) is 5.26 Å². The van der Waals surface area contributed by atoms with Crippen LogP contribution in [0, 0.1) is 19.3 Å². The second kappa shape index (κ2) is 8.77. The molecule has 0 saturated heterocycles. The molecule has 2 aliphatic carbocycles. The fourth-order valence-corrected chi connectivity index (χ4v) is 5.47. The summed E-state index contributed by atoms with van der Waals surface area (Å²) in [6.07, 6.45) is 11.5. The molecule has 0 bridgehead atoms. The number of aryl methyl sites for hydroxylation is 2. The second-order valence-corrected chi connectivity index (χ2v) is 9.79. The van der Waals surface area contributed by atoms with Crippen LogP contribution in [0.4, 0.5) is 5.82 Å². The first kappa shape index (κ1) is 22.4. The largest absolute Gasteiger partial charge is 0.393 e. The van der Waals surface area contributed by atoms with E-state index in [0.717, 1.165) is 64.8 Å². The number of anilines is 1. The first-order chi connectivity index (χ1) is 16.4. The third-order valence-corrected chi connectivity index (χ3v) is 7.15. The van der Waals surface area contributed by atoms with Crippen LogP contribution < -0.4 is 15.5 Å². The molecule has 0 radical (unpaired) electrons. The smallest absolute Gasteiger partial charge is 0.189 e. The molecule has 0 atom stereocenters. The van der Waals surface area contributed by atoms with Gasteiger partial charge in [0.1, 0.15) is 5.82 Å². The van der Waals surface area contributed by atoms with E-state index in [9.17, 15) is 5.11 Å². The van der Waals surface area contributed by atoms with Crippen LogP contribution in [0.1, 0.15) is 48.2 Å². The Labute approximate surface area is 198 Å². The summed E-state index contributed by atoms with van der Waals surface area (Å²) in [6, 6.07) is 4.10. The van der Waals surface area contributed by atoms with Gasteiger partial charge >= 0.3 is 0 Å². The Morgan fingerprint density at radius 1 is 1.29 bits per heavy atom. The van der Waals surface area contributed by atoms with Gasteiger partial charge in [0.05, 0.1) is 29.2 Å². The minimum atomic E-state index is -0.0942. The van der Waals surface area contributed by atoms with Crippen molar-refractivity contribution in [2.75, 3.05) is 5.32 Å². The van der Waals surface area contributed by atoms with Gasteiger partial charge in [-0.1, -0.05) is 12.6 Å². The zero-order chi connectivity index (χ0) is 23.9. The van der Waals surface area contributed by atoms with Gasteiger partial charge in [-0.2, -0.15) is 0 Å². The molecular weight excluding hydrogens is 430 g/mol. The number of hydrogen-bond donors (Lipinski definition) is 5. The normalized spacial score (nSPS) is 23.6. The van der Waals surface area contributed by atoms with E-state index in [0.29, 0.717) is 29.6 Å². The molecule has 2 heterocycles. The van der Waals surface area contributed by atoms with E-state index in [1.165, 1.54) is 0 Å². The van der Waals surface area contributed by atoms with Crippen molar-refractivity contribution < 1.29 is 15.3 Å². The summed E-state index contributed by atoms with van der Waals surface area (Å²) in [6.45, 7) is 8.62. The lowest BCUT2D eigenvalue weighted by atomic mass is 9.53. The van der Waals surface area contributed by atoms with E-state index in [-0.39, 0.29) is 6.10 Å². The second-order valence-electron chi connectivity index (χ2n) is 9.79. The molecule has 5 N–H and O–H groups in total. The molecule has 8 nitrogen and oxygen atoms in total. The highest BCUT2D eigenvalue weighted by Gasteiger charge is 2.52. The van der Waals surface area contributed by atoms with Gasteiger partial charge < -0.3 is 25.6 Å². The molecule has 34 heavy (non-hydrogen) atoms. The molecule has 0 amide bonds. The molecule has 5 rings (SSSR count). The molecular formula is C26H31N5O3. The van der Waals surface area contributed by atoms with Crippen molar-refractivity contribution in [3.05, 3.63) is 65.4 Å². The minimum Gasteiger partial charge on any atom is -0.393 e. The molecule has 0 unspecified atom stereocenters. The van der Waals surface area contributed by atoms with Crippen molar-refractivity contribution in [1.82, 2.24) is 20.3 Å². The molecule has 0 aliphatic heterocycles. The number of nitrogens with one attached hydrogen (secondary N) is 3. The predicted octanol–water partition coefficient (Wildman–Crippen LogP) is 4.46. The predicted molar refractivity (Wildman–Crippen MR) is 132 cm³/mol. The lowest BCUT2D eigenvalue weighted by Crippen LogP contribution is -2.56. The molecule has 1 spiro atoms. The fourth-order valence-electron chi connectivity index (χ4n) is 5.47. The summed E-state index contributed by atoms with van der Waals surface area (Å²) in [5, 5.41) is 26.5. The summed E-state index contributed by atoms with van der Waals surface area (Å²) in [5.41, 5.74) is 5.77. The average Bonchev–Trinajstić information content (AvgIpc) is 3.16. The van der Waals surface area contributed by atoms with Crippen LogP contribution in [0.15, 0.2) is 42.9 Å². The van der Waals surface area contributed by atoms with Crippen molar-refractivity contribution in [3.63, 3.8) is 0 Å². The van der Waals surface area contributed by atoms with E-state index < -0.39 is 0 Å². The third-order valence-electron chi connectivity index (χ3n) is 7.15. The quantitative estimate of drug-likeness (QED) is 0.191. The summed E-state index contributed by atoms with van der Waals surface area (Å²) < 4.78 is 0. The van der Waals surface area contributed by atoms with Crippen LogP contribution in [-0.4, -0.2) is 37.5 Å². The number of rotatable bonds is 8. The Bertz CT molecular complexity index is 1250. The summed E-state index contributed by atoms with van der Waals surface area (Å²) in [4.78, 5) is 16.8. The number of aromatic amines is 1. The number of fused-ring (bicyclic) bond motifs is 1. The molecule has 2 fully saturated rings. The Balaban J connectivity index is 1.18. The van der Waals surface area contributed by atoms with Gasteiger partial charge in [-0.3, -0.25) is 4.98 Å². The standard InChI is InChI=1S/C26H31N5O3/c1-15-12-29-25-22(34-33)7-5-18(24(15)25)13-28-23-14-27-21(17(3)31-23)6-4-16(2)30-19-8-26(9-19)10-20(32)11-26/h4-7,12,14,19-20,29-30,32-33H,2,8-11,13H2,1,3H3,(H,28,31)/b6-4-. The van der Waals surface area contributed by atoms with Crippen molar-refractivity contribution in [2.45, 2.75) is 58.2 Å². The Morgan fingerprint density at radius 2 is 2.09 bits per heavy atom. The Morgan fingerprint density at radius 3 is 2.79 bits per heavy atom. The zero-order valence-electron chi connectivity index (χ0n) is 19.6. The zero-order valence-corrected chi connectivity index (χ0v) is 19.6. The number of aliphatic hydroxyl groups is 1. The molecule has 2 saturated carbocycles. The summed E-state index contributed by atoms with van der Waals surface area (Å²) in [5.74, 6) is 1.09. The summed E-state index contributed by atoms with van der Waals surface area (Å²) in [7, 11) is 0. The molecule has 3 aromatic rings. The minimum absolute atomic E-state index is 0.0942. The van der Waals surface area contributed by atoms with Crippen molar-refractivity contribution in [2.24, 2.45) is 5.41 Å². The maximum absolute atomic E-state index is 9.55. The van der Waals surface area contributed by atoms with Crippen LogP contribution in [0.25, 0.3) is 17.0 Å². The molecule has 2 aromatic heterocycles. The number of benzene rings is 1. The van der Waals surface area contributed by atoms with Crippen molar-refractivity contribution in [3.8, 4) is 5.75 Å². The lowest BCUT2D eigenvalue weighted by molar-refractivity contribution is -0.136. The highest BCUT2D eigenvalue weighted by Crippen LogP contribution is 2.55. The van der Waals surface area contributed by atoms with Gasteiger partial charge in [0.2, 0.25) is 0 Å². The highest BCUT2D eigenvalue weighted by molar-refractivity contribution is 5.91. The van der Waals surface area contributed by atoms with E-state index in [1.54, 1.807) is 12.3 Å². The van der Waals surface area contributed by atoms with E-state index >= 15 is 0 Å². The molecule has 8 heteroatoms. The first-order valence-corrected chi connectivity index (χ1v) is 11.7. The Hall–Kier alpha value is -3.36. The average molecular weight is 462 g/mol. The number of aromatic nitrogens is 3. The maximum atomic E-state index is 9.55. The number of H-pyrrole nitrogens is 1. The van der Waals surface area contributed by atoms with Crippen LogP contribution >= 0.6 is 0 Å². The van der Waals surface area contributed by atoms with E-state index in [1.807, 2.05) is 38.3 Å². The Kier molecular flexibility index (Phi) is 5.79. The van der Waals surface area contributed by atoms with Crippen LogP contribution in [0.5, 0.6) is 5.75 Å². The first-order valence-electron chi connectivity index (χ1n) is 11.7.